The van der Waals surface area contributed by atoms with E-state index < -0.39 is 6.10 Å². The van der Waals surface area contributed by atoms with Crippen molar-refractivity contribution in [2.45, 2.75) is 6.10 Å². The molecule has 2 heteroatoms. The monoisotopic (exact) mass is 133 g/mol. The van der Waals surface area contributed by atoms with Crippen molar-refractivity contribution in [2.24, 2.45) is 4.99 Å². The van der Waals surface area contributed by atoms with Crippen molar-refractivity contribution in [1.29, 1.82) is 0 Å². The van der Waals surface area contributed by atoms with Crippen LogP contribution >= 0.6 is 0 Å². The van der Waals surface area contributed by atoms with Crippen LogP contribution in [0.3, 0.4) is 0 Å². The van der Waals surface area contributed by atoms with E-state index >= 15 is 0 Å². The number of para-hydroxylation sites is 1. The summed E-state index contributed by atoms with van der Waals surface area (Å²) < 4.78 is 0. The highest BCUT2D eigenvalue weighted by molar-refractivity contribution is 5.78. The summed E-state index contributed by atoms with van der Waals surface area (Å²) in [5.41, 5.74) is 1.79. The molecule has 1 aliphatic heterocycles. The highest BCUT2D eigenvalue weighted by atomic mass is 16.3. The third kappa shape index (κ3) is 0.660. The van der Waals surface area contributed by atoms with Crippen molar-refractivity contribution in [1.82, 2.24) is 0 Å². The summed E-state index contributed by atoms with van der Waals surface area (Å²) in [4.78, 5) is 4.01. The minimum absolute atomic E-state index is 0.490. The minimum Gasteiger partial charge on any atom is -0.383 e. The molecule has 0 radical (unpaired) electrons. The molecule has 2 nitrogen and oxygen atoms in total. The molecular weight excluding hydrogens is 126 g/mol. The Morgan fingerprint density at radius 1 is 1.30 bits per heavy atom. The first-order valence-electron chi connectivity index (χ1n) is 3.19. The Morgan fingerprint density at radius 2 is 2.10 bits per heavy atom. The third-order valence-corrected chi connectivity index (χ3v) is 1.61. The molecule has 1 heterocycles. The maximum atomic E-state index is 9.23. The molecule has 1 aliphatic rings. The molecule has 0 saturated carbocycles. The lowest BCUT2D eigenvalue weighted by Gasteiger charge is -1.98. The fraction of sp³-hybridized carbons (Fsp3) is 0.125. The van der Waals surface area contributed by atoms with Crippen molar-refractivity contribution in [2.75, 3.05) is 0 Å². The van der Waals surface area contributed by atoms with E-state index in [4.69, 9.17) is 0 Å². The van der Waals surface area contributed by atoms with E-state index in [1.54, 1.807) is 6.21 Å². The lowest BCUT2D eigenvalue weighted by Crippen LogP contribution is -1.91. The Labute approximate surface area is 58.8 Å². The number of hydrogen-bond donors (Lipinski definition) is 1. The summed E-state index contributed by atoms with van der Waals surface area (Å²) in [5.74, 6) is 0. The molecule has 1 atom stereocenters. The predicted octanol–water partition coefficient (Wildman–Crippen LogP) is 1.44. The van der Waals surface area contributed by atoms with Crippen molar-refractivity contribution >= 4 is 11.9 Å². The molecule has 1 unspecified atom stereocenters. The van der Waals surface area contributed by atoms with Crippen LogP contribution in [0.5, 0.6) is 0 Å². The van der Waals surface area contributed by atoms with E-state index in [0.717, 1.165) is 11.3 Å². The van der Waals surface area contributed by atoms with Crippen LogP contribution in [-0.4, -0.2) is 11.3 Å². The van der Waals surface area contributed by atoms with Crippen molar-refractivity contribution in [3.63, 3.8) is 0 Å². The van der Waals surface area contributed by atoms with Crippen LogP contribution in [0.2, 0.25) is 0 Å². The Morgan fingerprint density at radius 3 is 2.90 bits per heavy atom. The molecule has 0 saturated heterocycles. The van der Waals surface area contributed by atoms with Gasteiger partial charge in [0.15, 0.2) is 0 Å². The van der Waals surface area contributed by atoms with E-state index in [1.165, 1.54) is 0 Å². The second kappa shape index (κ2) is 1.92. The van der Waals surface area contributed by atoms with Gasteiger partial charge in [0.2, 0.25) is 0 Å². The van der Waals surface area contributed by atoms with Gasteiger partial charge in [-0.1, -0.05) is 18.2 Å². The number of nitrogens with zero attached hydrogens (tertiary/aromatic N) is 1. The first-order valence-corrected chi connectivity index (χ1v) is 3.19. The van der Waals surface area contributed by atoms with Crippen LogP contribution in [0.1, 0.15) is 11.7 Å². The summed E-state index contributed by atoms with van der Waals surface area (Å²) >= 11 is 0. The second-order valence-electron chi connectivity index (χ2n) is 2.28. The highest BCUT2D eigenvalue weighted by Gasteiger charge is 2.13. The fourth-order valence-electron chi connectivity index (χ4n) is 1.09. The minimum atomic E-state index is -0.490. The van der Waals surface area contributed by atoms with Crippen molar-refractivity contribution < 1.29 is 5.11 Å². The van der Waals surface area contributed by atoms with Crippen molar-refractivity contribution in [3.8, 4) is 0 Å². The van der Waals surface area contributed by atoms with Gasteiger partial charge in [-0.25, -0.2) is 0 Å². The highest BCUT2D eigenvalue weighted by Crippen LogP contribution is 2.29. The van der Waals surface area contributed by atoms with Gasteiger partial charge in [-0.2, -0.15) is 0 Å². The Hall–Kier alpha value is -1.15. The molecule has 10 heavy (non-hydrogen) atoms. The molecule has 0 aromatic heterocycles. The summed E-state index contributed by atoms with van der Waals surface area (Å²) in [6.07, 6.45) is 1.06. The van der Waals surface area contributed by atoms with Crippen LogP contribution < -0.4 is 0 Å². The van der Waals surface area contributed by atoms with E-state index in [1.807, 2.05) is 24.3 Å². The number of hydrogen-bond acceptors (Lipinski definition) is 2. The number of aliphatic imine (C=N–C) groups is 1. The van der Waals surface area contributed by atoms with Crippen LogP contribution in [0.15, 0.2) is 29.3 Å². The molecular formula is C8H7NO. The maximum absolute atomic E-state index is 9.23. The van der Waals surface area contributed by atoms with Crippen molar-refractivity contribution in [3.05, 3.63) is 29.8 Å². The number of aliphatic hydroxyl groups excluding tert-OH is 1. The summed E-state index contributed by atoms with van der Waals surface area (Å²) in [6, 6.07) is 7.58. The molecule has 50 valence electrons. The Bertz CT molecular complexity index is 280. The van der Waals surface area contributed by atoms with Crippen LogP contribution in [0.4, 0.5) is 5.69 Å². The second-order valence-corrected chi connectivity index (χ2v) is 2.28. The van der Waals surface area contributed by atoms with Gasteiger partial charge in [-0.3, -0.25) is 4.99 Å². The van der Waals surface area contributed by atoms with E-state index in [9.17, 15) is 5.11 Å². The molecule has 0 bridgehead atoms. The zero-order valence-electron chi connectivity index (χ0n) is 5.36. The number of benzene rings is 1. The summed E-state index contributed by atoms with van der Waals surface area (Å²) in [5, 5.41) is 9.23. The fourth-order valence-corrected chi connectivity index (χ4v) is 1.09. The number of fused-ring (bicyclic) bond motifs is 1. The average Bonchev–Trinajstić information content (AvgIpc) is 2.34. The molecule has 1 aromatic carbocycles. The number of rotatable bonds is 0. The number of aliphatic hydroxyl groups is 1. The van der Waals surface area contributed by atoms with Gasteiger partial charge in [-0.15, -0.1) is 0 Å². The predicted molar refractivity (Wildman–Crippen MR) is 39.6 cm³/mol. The van der Waals surface area contributed by atoms with Gasteiger partial charge in [0.25, 0.3) is 0 Å². The smallest absolute Gasteiger partial charge is 0.116 e. The van der Waals surface area contributed by atoms with Gasteiger partial charge < -0.3 is 5.11 Å². The van der Waals surface area contributed by atoms with E-state index in [2.05, 4.69) is 4.99 Å². The molecule has 1 N–H and O–H groups in total. The maximum Gasteiger partial charge on any atom is 0.116 e. The zero-order chi connectivity index (χ0) is 6.97. The van der Waals surface area contributed by atoms with E-state index in [-0.39, 0.29) is 0 Å². The largest absolute Gasteiger partial charge is 0.383 e. The third-order valence-electron chi connectivity index (χ3n) is 1.61. The van der Waals surface area contributed by atoms with Gasteiger partial charge in [0, 0.05) is 11.8 Å². The van der Waals surface area contributed by atoms with Crippen LogP contribution in [0, 0.1) is 0 Å². The lowest BCUT2D eigenvalue weighted by atomic mass is 10.1. The molecule has 0 fully saturated rings. The normalized spacial score (nSPS) is 21.1. The summed E-state index contributed by atoms with van der Waals surface area (Å²) in [6.45, 7) is 0. The van der Waals surface area contributed by atoms with E-state index in [0.29, 0.717) is 0 Å². The van der Waals surface area contributed by atoms with Gasteiger partial charge in [-0.05, 0) is 6.07 Å². The average molecular weight is 133 g/mol. The molecule has 1 aromatic rings. The Kier molecular flexibility index (Phi) is 1.08. The quantitative estimate of drug-likeness (QED) is 0.570. The topological polar surface area (TPSA) is 32.6 Å². The SMILES string of the molecule is OC1C=Nc2ccccc21. The first kappa shape index (κ1) is 5.62. The molecule has 0 spiro atoms. The standard InChI is InChI=1S/C8H7NO/c10-8-5-9-7-4-2-1-3-6(7)8/h1-5,8,10H. The van der Waals surface area contributed by atoms with Crippen LogP contribution in [-0.2, 0) is 0 Å². The molecule has 2 rings (SSSR count). The van der Waals surface area contributed by atoms with Crippen LogP contribution in [0.25, 0.3) is 0 Å². The Balaban J connectivity index is 2.59. The summed E-state index contributed by atoms with van der Waals surface area (Å²) in [7, 11) is 0. The van der Waals surface area contributed by atoms with Gasteiger partial charge in [0.1, 0.15) is 6.10 Å². The lowest BCUT2D eigenvalue weighted by molar-refractivity contribution is 0.256. The zero-order valence-corrected chi connectivity index (χ0v) is 5.36. The van der Waals surface area contributed by atoms with Gasteiger partial charge in [0.05, 0.1) is 5.69 Å². The first-order chi connectivity index (χ1) is 4.88. The molecule has 0 aliphatic carbocycles. The van der Waals surface area contributed by atoms with Gasteiger partial charge >= 0.3 is 0 Å². The molecule has 0 amide bonds.